The molecule has 4 nitrogen and oxygen atoms in total. The number of nitrogens with zero attached hydrogens (tertiary/aromatic N) is 4. The number of rotatable bonds is 9. The van der Waals surface area contributed by atoms with Gasteiger partial charge in [-0.1, -0.05) is 141 Å². The number of fused-ring (bicyclic) bond motifs is 1. The van der Waals surface area contributed by atoms with E-state index in [1.165, 1.54) is 27.8 Å². The number of pyridine rings is 1. The lowest BCUT2D eigenvalue weighted by Crippen LogP contribution is -2.26. The molecule has 2 aromatic heterocycles. The highest BCUT2D eigenvalue weighted by Crippen LogP contribution is 2.40. The lowest BCUT2D eigenvalue weighted by atomic mass is 9.70. The molecular weight excluding hydrogens is 560 g/mol. The molecule has 6 rings (SSSR count). The van der Waals surface area contributed by atoms with Gasteiger partial charge in [0.05, 0.1) is 5.69 Å². The van der Waals surface area contributed by atoms with Crippen molar-refractivity contribution < 1.29 is 0 Å². The topological polar surface area (TPSA) is 51.6 Å². The summed E-state index contributed by atoms with van der Waals surface area (Å²) in [6.07, 6.45) is 15.6. The van der Waals surface area contributed by atoms with E-state index in [-0.39, 0.29) is 5.41 Å². The Balaban J connectivity index is 1.31. The molecule has 0 fully saturated rings. The summed E-state index contributed by atoms with van der Waals surface area (Å²) in [7, 11) is 0. The van der Waals surface area contributed by atoms with Gasteiger partial charge in [0.2, 0.25) is 0 Å². The molecule has 3 aromatic carbocycles. The number of aromatic nitrogens is 4. The van der Waals surface area contributed by atoms with Gasteiger partial charge in [-0.05, 0) is 60.6 Å². The molecule has 0 aliphatic heterocycles. The average Bonchev–Trinajstić information content (AvgIpc) is 3.35. The van der Waals surface area contributed by atoms with E-state index in [2.05, 4.69) is 93.4 Å². The van der Waals surface area contributed by atoms with E-state index >= 15 is 0 Å². The van der Waals surface area contributed by atoms with Crippen molar-refractivity contribution in [2.75, 3.05) is 0 Å². The lowest BCUT2D eigenvalue weighted by Gasteiger charge is -2.34. The van der Waals surface area contributed by atoms with Gasteiger partial charge in [0.15, 0.2) is 17.5 Å². The van der Waals surface area contributed by atoms with Crippen LogP contribution in [-0.4, -0.2) is 19.9 Å². The van der Waals surface area contributed by atoms with Crippen LogP contribution in [0.4, 0.5) is 0 Å². The van der Waals surface area contributed by atoms with Crippen molar-refractivity contribution in [2.45, 2.75) is 52.4 Å². The second kappa shape index (κ2) is 13.8. The Morgan fingerprint density at radius 1 is 0.696 bits per heavy atom. The Hall–Kier alpha value is -5.22. The van der Waals surface area contributed by atoms with Crippen LogP contribution in [0.1, 0.15) is 68.7 Å². The largest absolute Gasteiger partial charge is 0.260 e. The van der Waals surface area contributed by atoms with Gasteiger partial charge < -0.3 is 0 Å². The number of allylic oxidation sites excluding steroid dienone is 7. The van der Waals surface area contributed by atoms with Crippen LogP contribution in [0.5, 0.6) is 0 Å². The van der Waals surface area contributed by atoms with Crippen molar-refractivity contribution in [3.05, 3.63) is 161 Å². The first-order valence-electron chi connectivity index (χ1n) is 16.2. The summed E-state index contributed by atoms with van der Waals surface area (Å²) in [6.45, 7) is 8.91. The smallest absolute Gasteiger partial charge is 0.164 e. The quantitative estimate of drug-likeness (QED) is 0.158. The molecule has 0 bridgehead atoms. The molecule has 0 amide bonds. The first-order chi connectivity index (χ1) is 22.5. The molecular formula is C42H40N4. The predicted molar refractivity (Wildman–Crippen MR) is 192 cm³/mol. The monoisotopic (exact) mass is 600 g/mol. The maximum absolute atomic E-state index is 4.91. The molecule has 0 saturated heterocycles. The molecule has 5 aromatic rings. The van der Waals surface area contributed by atoms with E-state index in [1.54, 1.807) is 0 Å². The Bertz CT molecular complexity index is 1870. The summed E-state index contributed by atoms with van der Waals surface area (Å²) < 4.78 is 0. The SMILES string of the molecule is CCC(CC)(/C(C)=C/C=C(\C)c1nc(-c2ccccc2)nc(-c2ccccc2)n1)c1ccc(C2=CC=Cc3cccnc3C2)cc1. The normalized spacial score (nSPS) is 13.6. The average molecular weight is 601 g/mol. The van der Waals surface area contributed by atoms with Gasteiger partial charge in [-0.3, -0.25) is 4.98 Å². The molecule has 1 aliphatic rings. The summed E-state index contributed by atoms with van der Waals surface area (Å²) in [6, 6.07) is 33.5. The first-order valence-corrected chi connectivity index (χ1v) is 16.2. The fraction of sp³-hybridized carbons (Fsp3) is 0.190. The van der Waals surface area contributed by atoms with Crippen LogP contribution in [-0.2, 0) is 11.8 Å². The molecule has 0 N–H and O–H groups in total. The van der Waals surface area contributed by atoms with E-state index in [1.807, 2.05) is 72.9 Å². The van der Waals surface area contributed by atoms with E-state index < -0.39 is 0 Å². The minimum absolute atomic E-state index is 0.0787. The maximum Gasteiger partial charge on any atom is 0.164 e. The van der Waals surface area contributed by atoms with Crippen LogP contribution < -0.4 is 0 Å². The van der Waals surface area contributed by atoms with E-state index in [9.17, 15) is 0 Å². The molecule has 46 heavy (non-hydrogen) atoms. The van der Waals surface area contributed by atoms with E-state index in [0.29, 0.717) is 17.5 Å². The third-order valence-electron chi connectivity index (χ3n) is 9.26. The van der Waals surface area contributed by atoms with Gasteiger partial charge in [-0.15, -0.1) is 0 Å². The molecule has 0 atom stereocenters. The Morgan fingerprint density at radius 2 is 1.33 bits per heavy atom. The molecule has 4 heteroatoms. The predicted octanol–water partition coefficient (Wildman–Crippen LogP) is 10.4. The number of benzene rings is 3. The van der Waals surface area contributed by atoms with Gasteiger partial charge in [0.25, 0.3) is 0 Å². The molecule has 1 aliphatic carbocycles. The van der Waals surface area contributed by atoms with Crippen LogP contribution >= 0.6 is 0 Å². The second-order valence-electron chi connectivity index (χ2n) is 11.9. The van der Waals surface area contributed by atoms with E-state index in [4.69, 9.17) is 15.0 Å². The van der Waals surface area contributed by atoms with Crippen LogP contribution in [0, 0.1) is 0 Å². The molecule has 0 spiro atoms. The molecule has 0 unspecified atom stereocenters. The Kier molecular flexibility index (Phi) is 9.25. The van der Waals surface area contributed by atoms with Crippen molar-refractivity contribution in [1.29, 1.82) is 0 Å². The maximum atomic E-state index is 4.91. The lowest BCUT2D eigenvalue weighted by molar-refractivity contribution is 0.467. The summed E-state index contributed by atoms with van der Waals surface area (Å²) >= 11 is 0. The fourth-order valence-corrected chi connectivity index (χ4v) is 6.37. The Labute approximate surface area is 273 Å². The highest BCUT2D eigenvalue weighted by atomic mass is 15.0. The van der Waals surface area contributed by atoms with Crippen molar-refractivity contribution in [1.82, 2.24) is 19.9 Å². The zero-order valence-corrected chi connectivity index (χ0v) is 27.1. The second-order valence-corrected chi connectivity index (χ2v) is 11.9. The van der Waals surface area contributed by atoms with Crippen LogP contribution in [0.25, 0.3) is 40.0 Å². The fourth-order valence-electron chi connectivity index (χ4n) is 6.37. The highest BCUT2D eigenvalue weighted by molar-refractivity contribution is 5.74. The zero-order chi connectivity index (χ0) is 31.9. The summed E-state index contributed by atoms with van der Waals surface area (Å²) in [5.41, 5.74) is 10.3. The van der Waals surface area contributed by atoms with Gasteiger partial charge in [-0.25, -0.2) is 15.0 Å². The molecule has 0 radical (unpaired) electrons. The number of hydrogen-bond acceptors (Lipinski definition) is 4. The molecule has 228 valence electrons. The standard InChI is InChI=1S/C42H40N4/c1-5-42(6-2,37-26-24-32(25-27-37)36-20-13-19-33-21-14-28-43-38(33)29-36)31(4)23-22-30(3)39-44-40(34-15-9-7-10-16-34)46-41(45-39)35-17-11-8-12-18-35/h7-28H,5-6,29H2,1-4H3/b30-22+,31-23+. The summed E-state index contributed by atoms with van der Waals surface area (Å²) in [4.78, 5) is 19.3. The molecule has 0 saturated carbocycles. The minimum Gasteiger partial charge on any atom is -0.260 e. The van der Waals surface area contributed by atoms with Crippen LogP contribution in [0.2, 0.25) is 0 Å². The van der Waals surface area contributed by atoms with Crippen LogP contribution in [0.15, 0.2) is 133 Å². The van der Waals surface area contributed by atoms with Gasteiger partial charge in [-0.2, -0.15) is 0 Å². The van der Waals surface area contributed by atoms with Crippen molar-refractivity contribution >= 4 is 17.2 Å². The van der Waals surface area contributed by atoms with Crippen molar-refractivity contribution in [3.63, 3.8) is 0 Å². The summed E-state index contributed by atoms with van der Waals surface area (Å²) in [5, 5.41) is 0. The third-order valence-corrected chi connectivity index (χ3v) is 9.26. The van der Waals surface area contributed by atoms with E-state index in [0.717, 1.165) is 41.7 Å². The zero-order valence-electron chi connectivity index (χ0n) is 27.1. The van der Waals surface area contributed by atoms with Crippen LogP contribution in [0.3, 0.4) is 0 Å². The minimum atomic E-state index is -0.0787. The number of hydrogen-bond donors (Lipinski definition) is 0. The van der Waals surface area contributed by atoms with Crippen molar-refractivity contribution in [2.24, 2.45) is 0 Å². The van der Waals surface area contributed by atoms with Crippen molar-refractivity contribution in [3.8, 4) is 22.8 Å². The highest BCUT2D eigenvalue weighted by Gasteiger charge is 2.30. The van der Waals surface area contributed by atoms with Gasteiger partial charge in [0, 0.05) is 29.2 Å². The first kappa shape index (κ1) is 30.8. The Morgan fingerprint density at radius 3 is 1.93 bits per heavy atom. The molecule has 2 heterocycles. The third kappa shape index (κ3) is 6.43. The summed E-state index contributed by atoms with van der Waals surface area (Å²) in [5.74, 6) is 2.03. The van der Waals surface area contributed by atoms with Gasteiger partial charge >= 0.3 is 0 Å². The van der Waals surface area contributed by atoms with Gasteiger partial charge in [0.1, 0.15) is 0 Å².